The number of Topliss-reactive ketones (excluding diaryl/α,β-unsaturated/α-hetero) is 1. The lowest BCUT2D eigenvalue weighted by Crippen LogP contribution is -2.43. The molecular formula is C12H17NO2. The normalized spacial score (nSPS) is 14.6. The molecule has 0 aromatic heterocycles. The van der Waals surface area contributed by atoms with Crippen LogP contribution in [0.25, 0.3) is 0 Å². The van der Waals surface area contributed by atoms with Gasteiger partial charge < -0.3 is 10.4 Å². The zero-order valence-electron chi connectivity index (χ0n) is 9.10. The van der Waals surface area contributed by atoms with Crippen LogP contribution < -0.4 is 5.32 Å². The minimum atomic E-state index is -0.935. The number of carbonyl (C=O) groups is 1. The molecule has 1 aromatic rings. The number of aliphatic hydroxyl groups excluding tert-OH is 1. The van der Waals surface area contributed by atoms with Crippen LogP contribution in [0, 0.1) is 0 Å². The third-order valence-corrected chi connectivity index (χ3v) is 2.47. The summed E-state index contributed by atoms with van der Waals surface area (Å²) in [5.74, 6) is -0.203. The fourth-order valence-electron chi connectivity index (χ4n) is 1.52. The summed E-state index contributed by atoms with van der Waals surface area (Å²) in [6.45, 7) is 1.40. The number of likely N-dealkylation sites (N-methyl/N-ethyl adjacent to an activating group) is 1. The Kier molecular flexibility index (Phi) is 4.46. The average Bonchev–Trinajstić information content (AvgIpc) is 2.26. The Balaban J connectivity index is 2.66. The highest BCUT2D eigenvalue weighted by Crippen LogP contribution is 2.06. The van der Waals surface area contributed by atoms with E-state index in [1.165, 1.54) is 6.92 Å². The number of hydrogen-bond donors (Lipinski definition) is 2. The van der Waals surface area contributed by atoms with Crippen LogP contribution >= 0.6 is 0 Å². The van der Waals surface area contributed by atoms with Gasteiger partial charge in [0, 0.05) is 6.04 Å². The quantitative estimate of drug-likeness (QED) is 0.749. The van der Waals surface area contributed by atoms with Gasteiger partial charge in [0.1, 0.15) is 6.10 Å². The summed E-state index contributed by atoms with van der Waals surface area (Å²) in [6.07, 6.45) is -0.284. The minimum Gasteiger partial charge on any atom is -0.384 e. The van der Waals surface area contributed by atoms with Crippen molar-refractivity contribution in [2.45, 2.75) is 25.5 Å². The van der Waals surface area contributed by atoms with Crippen LogP contribution in [-0.2, 0) is 11.2 Å². The molecule has 3 heteroatoms. The molecule has 0 saturated heterocycles. The van der Waals surface area contributed by atoms with E-state index in [0.717, 1.165) is 5.56 Å². The number of aliphatic hydroxyl groups is 1. The molecule has 0 saturated carbocycles. The van der Waals surface area contributed by atoms with E-state index in [2.05, 4.69) is 5.32 Å². The van der Waals surface area contributed by atoms with Gasteiger partial charge in [0.25, 0.3) is 0 Å². The van der Waals surface area contributed by atoms with E-state index in [1.807, 2.05) is 30.3 Å². The second-order valence-corrected chi connectivity index (χ2v) is 3.64. The Bertz CT molecular complexity index is 311. The minimum absolute atomic E-state index is 0.203. The van der Waals surface area contributed by atoms with Gasteiger partial charge in [0.15, 0.2) is 5.78 Å². The lowest BCUT2D eigenvalue weighted by molar-refractivity contribution is -0.126. The molecule has 0 fully saturated rings. The van der Waals surface area contributed by atoms with Gasteiger partial charge in [-0.05, 0) is 26.0 Å². The number of hydrogen-bond acceptors (Lipinski definition) is 3. The molecule has 0 bridgehead atoms. The molecule has 1 aromatic carbocycles. The first kappa shape index (κ1) is 11.9. The maximum absolute atomic E-state index is 11.0. The van der Waals surface area contributed by atoms with Gasteiger partial charge in [-0.3, -0.25) is 4.79 Å². The van der Waals surface area contributed by atoms with Crippen LogP contribution in [0.4, 0.5) is 0 Å². The van der Waals surface area contributed by atoms with E-state index in [4.69, 9.17) is 0 Å². The summed E-state index contributed by atoms with van der Waals surface area (Å²) < 4.78 is 0. The molecule has 2 atom stereocenters. The Morgan fingerprint density at radius 3 is 2.47 bits per heavy atom. The van der Waals surface area contributed by atoms with E-state index in [-0.39, 0.29) is 11.8 Å². The number of nitrogens with one attached hydrogen (secondary N) is 1. The van der Waals surface area contributed by atoms with Crippen LogP contribution in [0.1, 0.15) is 12.5 Å². The molecule has 0 aliphatic carbocycles. The molecule has 15 heavy (non-hydrogen) atoms. The molecule has 0 radical (unpaired) electrons. The van der Waals surface area contributed by atoms with Crippen LogP contribution in [0.2, 0.25) is 0 Å². The van der Waals surface area contributed by atoms with Crippen LogP contribution in [-0.4, -0.2) is 30.1 Å². The standard InChI is InChI=1S/C12H17NO2/c1-9(14)12(15)11(13-2)8-10-6-4-3-5-7-10/h3-7,11-13,15H,8H2,1-2H3/t11-,12+/m0/s1. The van der Waals surface area contributed by atoms with Gasteiger partial charge in [0.2, 0.25) is 0 Å². The van der Waals surface area contributed by atoms with Crippen molar-refractivity contribution in [2.24, 2.45) is 0 Å². The SMILES string of the molecule is CN[C@@H](Cc1ccccc1)[C@H](O)C(C)=O. The molecule has 82 valence electrons. The number of ketones is 1. The zero-order valence-corrected chi connectivity index (χ0v) is 9.10. The Labute approximate surface area is 90.1 Å². The summed E-state index contributed by atoms with van der Waals surface area (Å²) in [5.41, 5.74) is 1.11. The van der Waals surface area contributed by atoms with Gasteiger partial charge in [0.05, 0.1) is 0 Å². The maximum Gasteiger partial charge on any atom is 0.159 e. The molecule has 1 rings (SSSR count). The molecule has 3 nitrogen and oxygen atoms in total. The van der Waals surface area contributed by atoms with Gasteiger partial charge in [-0.2, -0.15) is 0 Å². The zero-order chi connectivity index (χ0) is 11.3. The van der Waals surface area contributed by atoms with Gasteiger partial charge in [-0.25, -0.2) is 0 Å². The van der Waals surface area contributed by atoms with Gasteiger partial charge in [-0.1, -0.05) is 30.3 Å². The topological polar surface area (TPSA) is 49.3 Å². The highest BCUT2D eigenvalue weighted by atomic mass is 16.3. The second kappa shape index (κ2) is 5.63. The molecule has 0 amide bonds. The predicted molar refractivity (Wildman–Crippen MR) is 59.7 cm³/mol. The van der Waals surface area contributed by atoms with E-state index >= 15 is 0 Å². The monoisotopic (exact) mass is 207 g/mol. The fourth-order valence-corrected chi connectivity index (χ4v) is 1.52. The highest BCUT2D eigenvalue weighted by Gasteiger charge is 2.21. The van der Waals surface area contributed by atoms with Crippen molar-refractivity contribution in [2.75, 3.05) is 7.05 Å². The second-order valence-electron chi connectivity index (χ2n) is 3.64. The Morgan fingerprint density at radius 1 is 1.40 bits per heavy atom. The van der Waals surface area contributed by atoms with Crippen molar-refractivity contribution < 1.29 is 9.90 Å². The molecule has 2 N–H and O–H groups in total. The van der Waals surface area contributed by atoms with E-state index in [0.29, 0.717) is 6.42 Å². The number of carbonyl (C=O) groups excluding carboxylic acids is 1. The van der Waals surface area contributed by atoms with Crippen LogP contribution in [0.5, 0.6) is 0 Å². The van der Waals surface area contributed by atoms with E-state index in [9.17, 15) is 9.90 Å². The van der Waals surface area contributed by atoms with Crippen molar-refractivity contribution in [1.29, 1.82) is 0 Å². The van der Waals surface area contributed by atoms with Crippen molar-refractivity contribution in [1.82, 2.24) is 5.32 Å². The third kappa shape index (κ3) is 3.46. The van der Waals surface area contributed by atoms with Crippen molar-refractivity contribution in [3.63, 3.8) is 0 Å². The van der Waals surface area contributed by atoms with Crippen molar-refractivity contribution in [3.8, 4) is 0 Å². The number of rotatable bonds is 5. The van der Waals surface area contributed by atoms with Gasteiger partial charge >= 0.3 is 0 Å². The Hall–Kier alpha value is -1.19. The first-order valence-electron chi connectivity index (χ1n) is 5.05. The lowest BCUT2D eigenvalue weighted by atomic mass is 9.99. The average molecular weight is 207 g/mol. The molecule has 0 heterocycles. The first-order chi connectivity index (χ1) is 7.15. The molecule has 0 spiro atoms. The summed E-state index contributed by atoms with van der Waals surface area (Å²) in [7, 11) is 1.75. The molecule has 0 aliphatic rings. The maximum atomic E-state index is 11.0. The first-order valence-corrected chi connectivity index (χ1v) is 5.05. The highest BCUT2D eigenvalue weighted by molar-refractivity contribution is 5.81. The summed E-state index contributed by atoms with van der Waals surface area (Å²) >= 11 is 0. The third-order valence-electron chi connectivity index (χ3n) is 2.47. The summed E-state index contributed by atoms with van der Waals surface area (Å²) in [4.78, 5) is 11.0. The fraction of sp³-hybridized carbons (Fsp3) is 0.417. The summed E-state index contributed by atoms with van der Waals surface area (Å²) in [6, 6.07) is 9.59. The molecule has 0 unspecified atom stereocenters. The van der Waals surface area contributed by atoms with Crippen LogP contribution in [0.3, 0.4) is 0 Å². The largest absolute Gasteiger partial charge is 0.384 e. The summed E-state index contributed by atoms with van der Waals surface area (Å²) in [5, 5.41) is 12.6. The molecule has 0 aliphatic heterocycles. The predicted octanol–water partition coefficient (Wildman–Crippen LogP) is 0.767. The molecular weight excluding hydrogens is 190 g/mol. The van der Waals surface area contributed by atoms with Gasteiger partial charge in [-0.15, -0.1) is 0 Å². The Morgan fingerprint density at radius 2 is 2.00 bits per heavy atom. The smallest absolute Gasteiger partial charge is 0.159 e. The van der Waals surface area contributed by atoms with E-state index < -0.39 is 6.10 Å². The van der Waals surface area contributed by atoms with Crippen LogP contribution in [0.15, 0.2) is 30.3 Å². The van der Waals surface area contributed by atoms with E-state index in [1.54, 1.807) is 7.05 Å². The number of benzene rings is 1. The van der Waals surface area contributed by atoms with Crippen molar-refractivity contribution in [3.05, 3.63) is 35.9 Å². The van der Waals surface area contributed by atoms with Crippen molar-refractivity contribution >= 4 is 5.78 Å². The lowest BCUT2D eigenvalue weighted by Gasteiger charge is -2.20.